The highest BCUT2D eigenvalue weighted by atomic mass is 35.5. The number of hydrogen-bond donors (Lipinski definition) is 1. The number of likely N-dealkylation sites (N-methyl/N-ethyl adjacent to an activating group) is 1. The lowest BCUT2D eigenvalue weighted by molar-refractivity contribution is -0.385. The molecule has 0 fully saturated rings. The zero-order chi connectivity index (χ0) is 14.6. The second kappa shape index (κ2) is 6.82. The first-order valence-corrected chi connectivity index (χ1v) is 6.66. The van der Waals surface area contributed by atoms with Gasteiger partial charge in [-0.15, -0.1) is 0 Å². The molecule has 2 unspecified atom stereocenters. The number of nitro groups is 1. The molecule has 0 aliphatic heterocycles. The summed E-state index contributed by atoms with van der Waals surface area (Å²) in [7, 11) is 0. The van der Waals surface area contributed by atoms with E-state index in [0.29, 0.717) is 5.56 Å². The van der Waals surface area contributed by atoms with Gasteiger partial charge in [0, 0.05) is 23.6 Å². The largest absolute Gasteiger partial charge is 0.314 e. The van der Waals surface area contributed by atoms with Crippen molar-refractivity contribution in [1.29, 1.82) is 0 Å². The van der Waals surface area contributed by atoms with Crippen molar-refractivity contribution in [1.82, 2.24) is 5.32 Å². The highest BCUT2D eigenvalue weighted by Crippen LogP contribution is 2.33. The Balaban J connectivity index is 3.23. The molecule has 0 aliphatic carbocycles. The van der Waals surface area contributed by atoms with Crippen molar-refractivity contribution in [2.24, 2.45) is 0 Å². The molecule has 0 amide bonds. The van der Waals surface area contributed by atoms with Crippen LogP contribution in [-0.4, -0.2) is 17.5 Å². The van der Waals surface area contributed by atoms with Crippen molar-refractivity contribution < 1.29 is 9.31 Å². The topological polar surface area (TPSA) is 55.2 Å². The fourth-order valence-corrected chi connectivity index (χ4v) is 2.39. The summed E-state index contributed by atoms with van der Waals surface area (Å²) in [5, 5.41) is 14.1. The summed E-state index contributed by atoms with van der Waals surface area (Å²) in [5.74, 6) is -0.794. The van der Waals surface area contributed by atoms with E-state index in [1.807, 2.05) is 20.8 Å². The zero-order valence-corrected chi connectivity index (χ0v) is 12.0. The van der Waals surface area contributed by atoms with Crippen LogP contribution in [0.15, 0.2) is 12.1 Å². The van der Waals surface area contributed by atoms with E-state index in [1.54, 1.807) is 0 Å². The van der Waals surface area contributed by atoms with Gasteiger partial charge in [0.1, 0.15) is 5.82 Å². The Labute approximate surface area is 117 Å². The molecule has 19 heavy (non-hydrogen) atoms. The summed E-state index contributed by atoms with van der Waals surface area (Å²) in [5.41, 5.74) is 0.245. The van der Waals surface area contributed by atoms with Crippen LogP contribution >= 0.6 is 11.6 Å². The number of nitrogens with one attached hydrogen (secondary N) is 1. The third kappa shape index (κ3) is 3.64. The van der Waals surface area contributed by atoms with Gasteiger partial charge >= 0.3 is 0 Å². The van der Waals surface area contributed by atoms with Gasteiger partial charge in [0.05, 0.1) is 9.95 Å². The molecule has 0 heterocycles. The molecule has 6 heteroatoms. The molecule has 1 rings (SSSR count). The summed E-state index contributed by atoms with van der Waals surface area (Å²) in [6.07, 6.45) is 0.802. The summed E-state index contributed by atoms with van der Waals surface area (Å²) in [6, 6.07) is 2.32. The van der Waals surface area contributed by atoms with E-state index >= 15 is 0 Å². The average Bonchev–Trinajstić information content (AvgIpc) is 2.37. The number of halogens is 2. The van der Waals surface area contributed by atoms with Crippen molar-refractivity contribution in [3.05, 3.63) is 38.7 Å². The first kappa shape index (κ1) is 15.9. The van der Waals surface area contributed by atoms with Gasteiger partial charge in [0.2, 0.25) is 0 Å². The van der Waals surface area contributed by atoms with Gasteiger partial charge < -0.3 is 5.32 Å². The van der Waals surface area contributed by atoms with E-state index < -0.39 is 10.7 Å². The van der Waals surface area contributed by atoms with E-state index in [-0.39, 0.29) is 22.7 Å². The minimum absolute atomic E-state index is 0.0595. The van der Waals surface area contributed by atoms with E-state index in [9.17, 15) is 14.5 Å². The maximum absolute atomic E-state index is 13.6. The number of nitro benzene ring substituents is 1. The molecular weight excluding hydrogens is 271 g/mol. The fourth-order valence-electron chi connectivity index (χ4n) is 2.23. The molecule has 2 atom stereocenters. The smallest absolute Gasteiger partial charge is 0.274 e. The first-order chi connectivity index (χ1) is 8.92. The monoisotopic (exact) mass is 288 g/mol. The van der Waals surface area contributed by atoms with E-state index in [0.717, 1.165) is 19.0 Å². The quantitative estimate of drug-likeness (QED) is 0.638. The van der Waals surface area contributed by atoms with Crippen LogP contribution in [0.3, 0.4) is 0 Å². The SMILES string of the molecule is CCNC(CC)C(C)c1cc(F)c(Cl)cc1[N+](=O)[O-]. The standard InChI is InChI=1S/C13H18ClFN2O2/c1-4-12(16-5-2)8(3)9-6-11(15)10(14)7-13(9)17(18)19/h6-8,12,16H,4-5H2,1-3H3. The van der Waals surface area contributed by atoms with Crippen LogP contribution in [0.1, 0.15) is 38.7 Å². The van der Waals surface area contributed by atoms with Gasteiger partial charge in [-0.1, -0.05) is 32.4 Å². The third-order valence-corrected chi connectivity index (χ3v) is 3.56. The Bertz CT molecular complexity index is 468. The van der Waals surface area contributed by atoms with Crippen LogP contribution in [0.4, 0.5) is 10.1 Å². The molecule has 0 saturated carbocycles. The lowest BCUT2D eigenvalue weighted by Gasteiger charge is -2.23. The molecule has 4 nitrogen and oxygen atoms in total. The molecule has 0 saturated heterocycles. The van der Waals surface area contributed by atoms with E-state index in [4.69, 9.17) is 11.6 Å². The molecule has 0 bridgehead atoms. The van der Waals surface area contributed by atoms with Gasteiger partial charge in [-0.05, 0) is 19.0 Å². The first-order valence-electron chi connectivity index (χ1n) is 6.29. The molecule has 1 aromatic carbocycles. The van der Waals surface area contributed by atoms with E-state index in [1.165, 1.54) is 6.07 Å². The van der Waals surface area contributed by atoms with Crippen molar-refractivity contribution in [3.8, 4) is 0 Å². The van der Waals surface area contributed by atoms with Gasteiger partial charge in [0.15, 0.2) is 0 Å². The Morgan fingerprint density at radius 1 is 1.47 bits per heavy atom. The third-order valence-electron chi connectivity index (χ3n) is 3.27. The Morgan fingerprint density at radius 2 is 2.11 bits per heavy atom. The van der Waals surface area contributed by atoms with Crippen LogP contribution in [-0.2, 0) is 0 Å². The van der Waals surface area contributed by atoms with Crippen molar-refractivity contribution in [2.45, 2.75) is 39.2 Å². The van der Waals surface area contributed by atoms with Gasteiger partial charge in [-0.25, -0.2) is 4.39 Å². The van der Waals surface area contributed by atoms with E-state index in [2.05, 4.69) is 5.32 Å². The molecule has 106 valence electrons. The van der Waals surface area contributed by atoms with Crippen LogP contribution in [0.5, 0.6) is 0 Å². The predicted molar refractivity (Wildman–Crippen MR) is 74.2 cm³/mol. The lowest BCUT2D eigenvalue weighted by atomic mass is 9.90. The normalized spacial score (nSPS) is 14.2. The van der Waals surface area contributed by atoms with Crippen LogP contribution in [0, 0.1) is 15.9 Å². The molecule has 0 aromatic heterocycles. The van der Waals surface area contributed by atoms with Crippen molar-refractivity contribution >= 4 is 17.3 Å². The molecule has 1 aromatic rings. The number of benzene rings is 1. The van der Waals surface area contributed by atoms with Gasteiger partial charge in [-0.3, -0.25) is 10.1 Å². The van der Waals surface area contributed by atoms with Crippen molar-refractivity contribution in [3.63, 3.8) is 0 Å². The zero-order valence-electron chi connectivity index (χ0n) is 11.2. The minimum atomic E-state index is -0.625. The lowest BCUT2D eigenvalue weighted by Crippen LogP contribution is -2.33. The maximum Gasteiger partial charge on any atom is 0.274 e. The summed E-state index contributed by atoms with van der Waals surface area (Å²) in [6.45, 7) is 6.56. The average molecular weight is 289 g/mol. The molecule has 0 spiro atoms. The van der Waals surface area contributed by atoms with Gasteiger partial charge in [-0.2, -0.15) is 0 Å². The second-order valence-electron chi connectivity index (χ2n) is 4.44. The number of hydrogen-bond acceptors (Lipinski definition) is 3. The highest BCUT2D eigenvalue weighted by Gasteiger charge is 2.26. The minimum Gasteiger partial charge on any atom is -0.314 e. The molecular formula is C13H18ClFN2O2. The number of rotatable bonds is 6. The molecule has 1 N–H and O–H groups in total. The Kier molecular flexibility index (Phi) is 5.69. The molecule has 0 aliphatic rings. The predicted octanol–water partition coefficient (Wildman–Crippen LogP) is 3.88. The Hall–Kier alpha value is -1.20. The Morgan fingerprint density at radius 3 is 2.58 bits per heavy atom. The van der Waals surface area contributed by atoms with Crippen molar-refractivity contribution in [2.75, 3.05) is 6.54 Å². The van der Waals surface area contributed by atoms with Crippen LogP contribution in [0.2, 0.25) is 5.02 Å². The summed E-state index contributed by atoms with van der Waals surface area (Å²) in [4.78, 5) is 10.5. The van der Waals surface area contributed by atoms with Crippen LogP contribution in [0.25, 0.3) is 0 Å². The second-order valence-corrected chi connectivity index (χ2v) is 4.85. The summed E-state index contributed by atoms with van der Waals surface area (Å²) < 4.78 is 13.6. The number of nitrogens with zero attached hydrogens (tertiary/aromatic N) is 1. The fraction of sp³-hybridized carbons (Fsp3) is 0.538. The summed E-state index contributed by atoms with van der Waals surface area (Å²) >= 11 is 5.61. The molecule has 0 radical (unpaired) electrons. The van der Waals surface area contributed by atoms with Crippen LogP contribution < -0.4 is 5.32 Å². The maximum atomic E-state index is 13.6. The van der Waals surface area contributed by atoms with Gasteiger partial charge in [0.25, 0.3) is 5.69 Å². The highest BCUT2D eigenvalue weighted by molar-refractivity contribution is 6.31.